The lowest BCUT2D eigenvalue weighted by Gasteiger charge is -2.34. The van der Waals surface area contributed by atoms with E-state index in [1.54, 1.807) is 6.07 Å². The number of piperidine rings is 1. The van der Waals surface area contributed by atoms with E-state index in [0.717, 1.165) is 39.0 Å². The van der Waals surface area contributed by atoms with Gasteiger partial charge < -0.3 is 15.1 Å². The minimum atomic E-state index is 0.228. The third kappa shape index (κ3) is 3.67. The zero-order valence-corrected chi connectivity index (χ0v) is 13.0. The number of nitrogens with two attached hydrogens (primary N) is 1. The van der Waals surface area contributed by atoms with Crippen LogP contribution in [0, 0.1) is 0 Å². The van der Waals surface area contributed by atoms with Gasteiger partial charge >= 0.3 is 0 Å². The quantitative estimate of drug-likeness (QED) is 0.645. The smallest absolute Gasteiger partial charge is 0.161 e. The molecule has 5 nitrogen and oxygen atoms in total. The molecule has 1 fully saturated rings. The summed E-state index contributed by atoms with van der Waals surface area (Å²) < 4.78 is 5.83. The number of hydrogen-bond donors (Lipinski definition) is 2. The first-order valence-electron chi connectivity index (χ1n) is 6.85. The maximum Gasteiger partial charge on any atom is 0.161 e. The number of ether oxygens (including phenoxy) is 1. The van der Waals surface area contributed by atoms with Crippen LogP contribution < -0.4 is 16.2 Å². The summed E-state index contributed by atoms with van der Waals surface area (Å²) in [6.45, 7) is 4.59. The number of pyridine rings is 1. The Labute approximate surface area is 129 Å². The highest BCUT2D eigenvalue weighted by Crippen LogP contribution is 2.32. The lowest BCUT2D eigenvalue weighted by atomic mass is 10.1. The van der Waals surface area contributed by atoms with E-state index in [1.807, 2.05) is 0 Å². The van der Waals surface area contributed by atoms with Crippen LogP contribution in [0.3, 0.4) is 0 Å². The van der Waals surface area contributed by atoms with E-state index in [1.165, 1.54) is 0 Å². The second kappa shape index (κ2) is 7.31. The van der Waals surface area contributed by atoms with Gasteiger partial charge in [0.15, 0.2) is 5.82 Å². The van der Waals surface area contributed by atoms with Gasteiger partial charge in [-0.3, -0.25) is 0 Å². The molecular weight excluding hydrogens is 299 g/mol. The summed E-state index contributed by atoms with van der Waals surface area (Å²) in [4.78, 5) is 6.53. The van der Waals surface area contributed by atoms with Crippen molar-refractivity contribution in [2.45, 2.75) is 32.3 Å². The van der Waals surface area contributed by atoms with Crippen LogP contribution in [0.25, 0.3) is 0 Å². The van der Waals surface area contributed by atoms with Crippen molar-refractivity contribution in [2.24, 2.45) is 5.84 Å². The fourth-order valence-corrected chi connectivity index (χ4v) is 2.86. The van der Waals surface area contributed by atoms with E-state index in [2.05, 4.69) is 22.2 Å². The van der Waals surface area contributed by atoms with Gasteiger partial charge in [0.25, 0.3) is 0 Å². The van der Waals surface area contributed by atoms with Crippen molar-refractivity contribution < 1.29 is 4.74 Å². The first-order chi connectivity index (χ1) is 9.65. The summed E-state index contributed by atoms with van der Waals surface area (Å²) in [7, 11) is 0. The maximum atomic E-state index is 6.25. The van der Waals surface area contributed by atoms with Crippen LogP contribution in [0.15, 0.2) is 6.07 Å². The number of nitrogens with zero attached hydrogens (tertiary/aromatic N) is 2. The Bertz CT molecular complexity index is 458. The second-order valence-corrected chi connectivity index (χ2v) is 5.66. The number of aromatic nitrogens is 1. The van der Waals surface area contributed by atoms with Gasteiger partial charge in [-0.25, -0.2) is 10.8 Å². The van der Waals surface area contributed by atoms with Gasteiger partial charge in [0.05, 0.1) is 16.1 Å². The number of anilines is 2. The van der Waals surface area contributed by atoms with E-state index in [4.69, 9.17) is 33.8 Å². The Morgan fingerprint density at radius 3 is 3.00 bits per heavy atom. The van der Waals surface area contributed by atoms with Crippen molar-refractivity contribution >= 4 is 34.8 Å². The predicted octanol–water partition coefficient (Wildman–Crippen LogP) is 3.07. The summed E-state index contributed by atoms with van der Waals surface area (Å²) in [6, 6.07) is 1.66. The molecule has 2 heterocycles. The van der Waals surface area contributed by atoms with Crippen molar-refractivity contribution in [3.63, 3.8) is 0 Å². The Balaban J connectivity index is 2.14. The SMILES string of the molecule is CCCOC1CCCN(c2nc(NN)c(Cl)cc2Cl)C1. The van der Waals surface area contributed by atoms with E-state index in [-0.39, 0.29) is 6.10 Å². The largest absolute Gasteiger partial charge is 0.376 e. The zero-order chi connectivity index (χ0) is 14.5. The van der Waals surface area contributed by atoms with Crippen molar-refractivity contribution in [2.75, 3.05) is 30.0 Å². The molecular formula is C13H20Cl2N4O. The van der Waals surface area contributed by atoms with Gasteiger partial charge in [-0.15, -0.1) is 0 Å². The number of nitrogen functional groups attached to an aromatic ring is 1. The van der Waals surface area contributed by atoms with Crippen molar-refractivity contribution in [3.05, 3.63) is 16.1 Å². The number of rotatable bonds is 5. The number of nitrogens with one attached hydrogen (secondary N) is 1. The molecule has 1 aromatic heterocycles. The molecule has 0 aliphatic carbocycles. The molecule has 2 rings (SSSR count). The molecule has 1 aromatic rings. The molecule has 20 heavy (non-hydrogen) atoms. The Kier molecular flexibility index (Phi) is 5.72. The Morgan fingerprint density at radius 2 is 2.30 bits per heavy atom. The van der Waals surface area contributed by atoms with Gasteiger partial charge in [-0.05, 0) is 25.3 Å². The highest BCUT2D eigenvalue weighted by Gasteiger charge is 2.23. The second-order valence-electron chi connectivity index (χ2n) is 4.85. The third-order valence-corrected chi connectivity index (χ3v) is 3.85. The molecule has 1 atom stereocenters. The van der Waals surface area contributed by atoms with Crippen molar-refractivity contribution in [1.29, 1.82) is 0 Å². The number of halogens is 2. The van der Waals surface area contributed by atoms with Crippen LogP contribution in [0.1, 0.15) is 26.2 Å². The van der Waals surface area contributed by atoms with Gasteiger partial charge in [-0.2, -0.15) is 0 Å². The molecule has 1 aliphatic heterocycles. The van der Waals surface area contributed by atoms with Crippen LogP contribution in [-0.4, -0.2) is 30.8 Å². The summed E-state index contributed by atoms with van der Waals surface area (Å²) >= 11 is 12.3. The molecule has 0 radical (unpaired) electrons. The molecule has 112 valence electrons. The van der Waals surface area contributed by atoms with Crippen LogP contribution >= 0.6 is 23.2 Å². The molecule has 3 N–H and O–H groups in total. The summed E-state index contributed by atoms with van der Waals surface area (Å²) in [6.07, 6.45) is 3.38. The molecule has 1 unspecified atom stereocenters. The fraction of sp³-hybridized carbons (Fsp3) is 0.615. The van der Waals surface area contributed by atoms with Crippen LogP contribution in [-0.2, 0) is 4.74 Å². The first kappa shape index (κ1) is 15.6. The first-order valence-corrected chi connectivity index (χ1v) is 7.60. The average molecular weight is 319 g/mol. The fourth-order valence-electron chi connectivity index (χ4n) is 2.33. The topological polar surface area (TPSA) is 63.4 Å². The molecule has 0 bridgehead atoms. The van der Waals surface area contributed by atoms with Gasteiger partial charge in [0, 0.05) is 19.7 Å². The summed E-state index contributed by atoms with van der Waals surface area (Å²) in [5.41, 5.74) is 2.49. The molecule has 0 saturated carbocycles. The molecule has 0 aromatic carbocycles. The van der Waals surface area contributed by atoms with Gasteiger partial charge in [0.2, 0.25) is 0 Å². The van der Waals surface area contributed by atoms with Crippen LogP contribution in [0.4, 0.5) is 11.6 Å². The normalized spacial score (nSPS) is 19.2. The summed E-state index contributed by atoms with van der Waals surface area (Å²) in [5, 5.41) is 0.946. The van der Waals surface area contributed by atoms with Crippen molar-refractivity contribution in [1.82, 2.24) is 4.98 Å². The van der Waals surface area contributed by atoms with Crippen LogP contribution in [0.5, 0.6) is 0 Å². The van der Waals surface area contributed by atoms with Crippen molar-refractivity contribution in [3.8, 4) is 0 Å². The molecule has 1 saturated heterocycles. The molecule has 1 aliphatic rings. The minimum absolute atomic E-state index is 0.228. The van der Waals surface area contributed by atoms with E-state index in [0.29, 0.717) is 21.7 Å². The number of hydrazine groups is 1. The van der Waals surface area contributed by atoms with Crippen LogP contribution in [0.2, 0.25) is 10.0 Å². The summed E-state index contributed by atoms with van der Waals surface area (Å²) in [5.74, 6) is 6.54. The molecule has 0 spiro atoms. The van der Waals surface area contributed by atoms with Gasteiger partial charge in [-0.1, -0.05) is 30.1 Å². The standard InChI is InChI=1S/C13H20Cl2N4O/c1-2-6-20-9-4-3-5-19(8-9)13-11(15)7-10(14)12(17-13)18-16/h7,9H,2-6,8,16H2,1H3,(H,17,18). The Morgan fingerprint density at radius 1 is 1.50 bits per heavy atom. The lowest BCUT2D eigenvalue weighted by molar-refractivity contribution is 0.0439. The zero-order valence-electron chi connectivity index (χ0n) is 11.5. The highest BCUT2D eigenvalue weighted by atomic mass is 35.5. The minimum Gasteiger partial charge on any atom is -0.376 e. The number of hydrogen-bond acceptors (Lipinski definition) is 5. The van der Waals surface area contributed by atoms with Gasteiger partial charge in [0.1, 0.15) is 5.82 Å². The monoisotopic (exact) mass is 318 g/mol. The molecule has 7 heteroatoms. The molecule has 0 amide bonds. The predicted molar refractivity (Wildman–Crippen MR) is 83.5 cm³/mol. The lowest BCUT2D eigenvalue weighted by Crippen LogP contribution is -2.40. The van der Waals surface area contributed by atoms with E-state index >= 15 is 0 Å². The Hall–Kier alpha value is -0.750. The van der Waals surface area contributed by atoms with E-state index in [9.17, 15) is 0 Å². The maximum absolute atomic E-state index is 6.25. The third-order valence-electron chi connectivity index (χ3n) is 3.28. The van der Waals surface area contributed by atoms with E-state index < -0.39 is 0 Å². The average Bonchev–Trinajstić information content (AvgIpc) is 2.45. The highest BCUT2D eigenvalue weighted by molar-refractivity contribution is 6.37.